The summed E-state index contributed by atoms with van der Waals surface area (Å²) >= 11 is 0. The molecule has 1 amide bonds. The van der Waals surface area contributed by atoms with Crippen LogP contribution < -0.4 is 5.32 Å². The Balaban J connectivity index is 1.82. The van der Waals surface area contributed by atoms with E-state index in [-0.39, 0.29) is 25.5 Å². The lowest BCUT2D eigenvalue weighted by Crippen LogP contribution is -2.54. The molecule has 0 radical (unpaired) electrons. The van der Waals surface area contributed by atoms with Crippen molar-refractivity contribution in [1.29, 1.82) is 0 Å². The molecule has 8 heteroatoms. The minimum absolute atomic E-state index is 0.00371. The smallest absolute Gasteiger partial charge is 0.380 e. The van der Waals surface area contributed by atoms with Crippen molar-refractivity contribution in [3.8, 4) is 0 Å². The summed E-state index contributed by atoms with van der Waals surface area (Å²) in [5.74, 6) is -0.307. The molecule has 2 rings (SSSR count). The van der Waals surface area contributed by atoms with Crippen molar-refractivity contribution in [3.05, 3.63) is 24.5 Å². The molecule has 2 heterocycles. The van der Waals surface area contributed by atoms with Crippen LogP contribution >= 0.6 is 0 Å². The second-order valence-electron chi connectivity index (χ2n) is 5.09. The van der Waals surface area contributed by atoms with Gasteiger partial charge in [-0.25, -0.2) is 0 Å². The Morgan fingerprint density at radius 2 is 1.90 bits per heavy atom. The van der Waals surface area contributed by atoms with Crippen molar-refractivity contribution < 1.29 is 23.1 Å². The van der Waals surface area contributed by atoms with E-state index in [1.165, 1.54) is 12.4 Å². The first-order valence-corrected chi connectivity index (χ1v) is 6.51. The number of aromatic nitrogens is 1. The number of rotatable bonds is 3. The number of carbonyl (C=O) groups excluding carboxylic acids is 1. The summed E-state index contributed by atoms with van der Waals surface area (Å²) in [5, 5.41) is 12.2. The first-order valence-electron chi connectivity index (χ1n) is 6.51. The molecule has 0 spiro atoms. The van der Waals surface area contributed by atoms with Gasteiger partial charge < -0.3 is 10.4 Å². The van der Waals surface area contributed by atoms with Gasteiger partial charge in [0.25, 0.3) is 0 Å². The van der Waals surface area contributed by atoms with Gasteiger partial charge in [0.15, 0.2) is 5.60 Å². The fourth-order valence-electron chi connectivity index (χ4n) is 2.20. The summed E-state index contributed by atoms with van der Waals surface area (Å²) in [7, 11) is 0. The summed E-state index contributed by atoms with van der Waals surface area (Å²) in [5.41, 5.74) is -2.05. The molecule has 0 bridgehead atoms. The number of nitrogens with one attached hydrogen (secondary N) is 1. The molecule has 0 saturated carbocycles. The molecule has 0 aliphatic carbocycles. The third kappa shape index (κ3) is 3.92. The number of likely N-dealkylation sites (tertiary alicyclic amines) is 1. The van der Waals surface area contributed by atoms with E-state index in [0.29, 0.717) is 5.69 Å². The van der Waals surface area contributed by atoms with Gasteiger partial charge in [-0.3, -0.25) is 14.7 Å². The third-order valence-corrected chi connectivity index (χ3v) is 3.54. The molecular formula is C13H16F3N3O2. The highest BCUT2D eigenvalue weighted by Crippen LogP contribution is 2.38. The van der Waals surface area contributed by atoms with Crippen LogP contribution in [0.4, 0.5) is 18.9 Å². The van der Waals surface area contributed by atoms with Crippen LogP contribution in [0.25, 0.3) is 0 Å². The van der Waals surface area contributed by atoms with E-state index >= 15 is 0 Å². The molecule has 5 nitrogen and oxygen atoms in total. The van der Waals surface area contributed by atoms with Crippen LogP contribution in [0.5, 0.6) is 0 Å². The van der Waals surface area contributed by atoms with Gasteiger partial charge in [-0.15, -0.1) is 0 Å². The Hall–Kier alpha value is -1.67. The van der Waals surface area contributed by atoms with Crippen molar-refractivity contribution in [3.63, 3.8) is 0 Å². The Morgan fingerprint density at radius 1 is 1.33 bits per heavy atom. The molecule has 0 aromatic carbocycles. The Labute approximate surface area is 119 Å². The van der Waals surface area contributed by atoms with Gasteiger partial charge in [0.1, 0.15) is 0 Å². The Bertz CT molecular complexity index is 485. The van der Waals surface area contributed by atoms with E-state index in [2.05, 4.69) is 10.3 Å². The second kappa shape index (κ2) is 5.98. The maximum atomic E-state index is 12.6. The van der Waals surface area contributed by atoms with E-state index in [9.17, 15) is 23.1 Å². The quantitative estimate of drug-likeness (QED) is 0.886. The SMILES string of the molecule is O=C(CN1CCC(O)(C(F)(F)F)CC1)Nc1ccncc1. The lowest BCUT2D eigenvalue weighted by atomic mass is 9.91. The highest BCUT2D eigenvalue weighted by atomic mass is 19.4. The van der Waals surface area contributed by atoms with Gasteiger partial charge in [-0.2, -0.15) is 13.2 Å². The number of nitrogens with zero attached hydrogens (tertiary/aromatic N) is 2. The van der Waals surface area contributed by atoms with Crippen LogP contribution in [0, 0.1) is 0 Å². The molecule has 0 atom stereocenters. The number of carbonyl (C=O) groups is 1. The predicted octanol–water partition coefficient (Wildman–Crippen LogP) is 1.41. The van der Waals surface area contributed by atoms with Gasteiger partial charge in [0, 0.05) is 31.2 Å². The van der Waals surface area contributed by atoms with Crippen molar-refractivity contribution in [2.45, 2.75) is 24.6 Å². The predicted molar refractivity (Wildman–Crippen MR) is 69.5 cm³/mol. The zero-order valence-electron chi connectivity index (χ0n) is 11.2. The van der Waals surface area contributed by atoms with E-state index in [0.717, 1.165) is 0 Å². The highest BCUT2D eigenvalue weighted by molar-refractivity contribution is 5.92. The van der Waals surface area contributed by atoms with E-state index in [4.69, 9.17) is 0 Å². The summed E-state index contributed by atoms with van der Waals surface area (Å²) in [4.78, 5) is 17.2. The number of alkyl halides is 3. The molecule has 21 heavy (non-hydrogen) atoms. The van der Waals surface area contributed by atoms with Crippen LogP contribution in [-0.4, -0.2) is 52.3 Å². The summed E-state index contributed by atoms with van der Waals surface area (Å²) in [6.45, 7) is 0.0514. The fourth-order valence-corrected chi connectivity index (χ4v) is 2.20. The number of hydrogen-bond donors (Lipinski definition) is 2. The lowest BCUT2D eigenvalue weighted by Gasteiger charge is -2.38. The molecule has 1 aliphatic heterocycles. The molecule has 1 aromatic rings. The van der Waals surface area contributed by atoms with Crippen LogP contribution in [0.15, 0.2) is 24.5 Å². The van der Waals surface area contributed by atoms with Crippen molar-refractivity contribution in [2.75, 3.05) is 25.0 Å². The monoisotopic (exact) mass is 303 g/mol. The van der Waals surface area contributed by atoms with E-state index < -0.39 is 24.6 Å². The van der Waals surface area contributed by atoms with Gasteiger partial charge in [0.2, 0.25) is 5.91 Å². The van der Waals surface area contributed by atoms with Crippen LogP contribution in [0.1, 0.15) is 12.8 Å². The maximum absolute atomic E-state index is 12.6. The lowest BCUT2D eigenvalue weighted by molar-refractivity contribution is -0.272. The fraction of sp³-hybridized carbons (Fsp3) is 0.538. The number of pyridine rings is 1. The van der Waals surface area contributed by atoms with Gasteiger partial charge in [-0.05, 0) is 25.0 Å². The molecule has 0 unspecified atom stereocenters. The van der Waals surface area contributed by atoms with Crippen molar-refractivity contribution in [1.82, 2.24) is 9.88 Å². The number of aliphatic hydroxyl groups is 1. The minimum Gasteiger partial charge on any atom is -0.380 e. The molecule has 1 saturated heterocycles. The highest BCUT2D eigenvalue weighted by Gasteiger charge is 2.54. The molecule has 116 valence electrons. The number of anilines is 1. The largest absolute Gasteiger partial charge is 0.417 e. The standard InChI is InChI=1S/C13H16F3N3O2/c14-13(15,16)12(21)3-7-19(8-4-12)9-11(20)18-10-1-5-17-6-2-10/h1-2,5-6,21H,3-4,7-9H2,(H,17,18,20). The number of hydrogen-bond acceptors (Lipinski definition) is 4. The molecule has 1 fully saturated rings. The Kier molecular flexibility index (Phi) is 4.48. The van der Waals surface area contributed by atoms with Gasteiger partial charge in [-0.1, -0.05) is 0 Å². The second-order valence-corrected chi connectivity index (χ2v) is 5.09. The average Bonchev–Trinajstić information content (AvgIpc) is 2.41. The van der Waals surface area contributed by atoms with E-state index in [1.54, 1.807) is 17.0 Å². The first kappa shape index (κ1) is 15.7. The number of piperidine rings is 1. The zero-order valence-corrected chi connectivity index (χ0v) is 11.2. The summed E-state index contributed by atoms with van der Waals surface area (Å²) in [6, 6.07) is 3.24. The topological polar surface area (TPSA) is 65.5 Å². The van der Waals surface area contributed by atoms with Crippen LogP contribution in [-0.2, 0) is 4.79 Å². The molecule has 1 aliphatic rings. The van der Waals surface area contributed by atoms with Crippen LogP contribution in [0.2, 0.25) is 0 Å². The number of amides is 1. The summed E-state index contributed by atoms with van der Waals surface area (Å²) < 4.78 is 37.9. The maximum Gasteiger partial charge on any atom is 0.417 e. The van der Waals surface area contributed by atoms with Crippen molar-refractivity contribution in [2.24, 2.45) is 0 Å². The molecular weight excluding hydrogens is 287 g/mol. The normalized spacial score (nSPS) is 19.2. The first-order chi connectivity index (χ1) is 9.80. The van der Waals surface area contributed by atoms with Gasteiger partial charge in [0.05, 0.1) is 6.54 Å². The van der Waals surface area contributed by atoms with Crippen LogP contribution in [0.3, 0.4) is 0 Å². The van der Waals surface area contributed by atoms with Gasteiger partial charge >= 0.3 is 6.18 Å². The summed E-state index contributed by atoms with van der Waals surface area (Å²) in [6.07, 6.45) is -2.41. The molecule has 2 N–H and O–H groups in total. The molecule has 1 aromatic heterocycles. The third-order valence-electron chi connectivity index (χ3n) is 3.54. The van der Waals surface area contributed by atoms with Crippen molar-refractivity contribution >= 4 is 11.6 Å². The number of halogens is 3. The average molecular weight is 303 g/mol. The van der Waals surface area contributed by atoms with E-state index in [1.807, 2.05) is 0 Å². The minimum atomic E-state index is -4.63. The Morgan fingerprint density at radius 3 is 2.43 bits per heavy atom. The zero-order chi connectivity index (χ0) is 15.5.